The second-order valence-corrected chi connectivity index (χ2v) is 4.57. The summed E-state index contributed by atoms with van der Waals surface area (Å²) in [7, 11) is 1.43. The molecule has 2 amide bonds. The lowest BCUT2D eigenvalue weighted by Crippen LogP contribution is -2.46. The standard InChI is InChI=1S/C12H24N2O4/c1-5-10(8(2)3)14-12(17)13-7-9(18-4)6-11(15)16/h8-10H,5-7H2,1-4H3,(H,15,16)(H2,13,14,17). The SMILES string of the molecule is CCC(NC(=O)NCC(CC(=O)O)OC)C(C)C. The summed E-state index contributed by atoms with van der Waals surface area (Å²) in [5.41, 5.74) is 0. The molecule has 2 unspecified atom stereocenters. The van der Waals surface area contributed by atoms with Crippen molar-refractivity contribution < 1.29 is 19.4 Å². The Kier molecular flexibility index (Phi) is 8.11. The molecule has 0 bridgehead atoms. The molecular formula is C12H24N2O4. The van der Waals surface area contributed by atoms with Crippen LogP contribution in [0, 0.1) is 5.92 Å². The van der Waals surface area contributed by atoms with E-state index in [1.54, 1.807) is 0 Å². The largest absolute Gasteiger partial charge is 0.481 e. The highest BCUT2D eigenvalue weighted by atomic mass is 16.5. The first kappa shape index (κ1) is 16.7. The van der Waals surface area contributed by atoms with Crippen LogP contribution in [-0.4, -0.2) is 42.9 Å². The number of aliphatic carboxylic acids is 1. The molecule has 0 aromatic heterocycles. The number of hydrogen-bond acceptors (Lipinski definition) is 3. The molecule has 0 aromatic rings. The number of ether oxygens (including phenoxy) is 1. The molecule has 0 aliphatic rings. The molecule has 6 nitrogen and oxygen atoms in total. The number of carboxylic acid groups (broad SMARTS) is 1. The van der Waals surface area contributed by atoms with Gasteiger partial charge >= 0.3 is 12.0 Å². The highest BCUT2D eigenvalue weighted by Crippen LogP contribution is 2.04. The molecule has 3 N–H and O–H groups in total. The highest BCUT2D eigenvalue weighted by Gasteiger charge is 2.16. The summed E-state index contributed by atoms with van der Waals surface area (Å²) in [5.74, 6) is -0.587. The lowest BCUT2D eigenvalue weighted by Gasteiger charge is -2.22. The molecule has 2 atom stereocenters. The topological polar surface area (TPSA) is 87.7 Å². The summed E-state index contributed by atoms with van der Waals surface area (Å²) in [6.45, 7) is 6.27. The minimum Gasteiger partial charge on any atom is -0.481 e. The first-order chi connectivity index (χ1) is 8.40. The summed E-state index contributed by atoms with van der Waals surface area (Å²) in [4.78, 5) is 22.1. The minimum absolute atomic E-state index is 0.116. The zero-order valence-corrected chi connectivity index (χ0v) is 11.5. The quantitative estimate of drug-likeness (QED) is 0.612. The van der Waals surface area contributed by atoms with Crippen molar-refractivity contribution in [2.75, 3.05) is 13.7 Å². The van der Waals surface area contributed by atoms with E-state index in [1.807, 2.05) is 20.8 Å². The van der Waals surface area contributed by atoms with Crippen LogP contribution in [0.4, 0.5) is 4.79 Å². The van der Waals surface area contributed by atoms with E-state index in [0.29, 0.717) is 5.92 Å². The molecule has 0 fully saturated rings. The summed E-state index contributed by atoms with van der Waals surface area (Å²) < 4.78 is 4.97. The number of carbonyl (C=O) groups is 2. The van der Waals surface area contributed by atoms with Gasteiger partial charge in [0, 0.05) is 19.7 Å². The van der Waals surface area contributed by atoms with E-state index in [1.165, 1.54) is 7.11 Å². The summed E-state index contributed by atoms with van der Waals surface area (Å²) in [6.07, 6.45) is 0.221. The molecule has 0 aromatic carbocycles. The van der Waals surface area contributed by atoms with Crippen molar-refractivity contribution in [3.8, 4) is 0 Å². The number of carbonyl (C=O) groups excluding carboxylic acids is 1. The Hall–Kier alpha value is -1.30. The number of carboxylic acids is 1. The monoisotopic (exact) mass is 260 g/mol. The van der Waals surface area contributed by atoms with Crippen molar-refractivity contribution in [3.05, 3.63) is 0 Å². The van der Waals surface area contributed by atoms with Gasteiger partial charge in [-0.3, -0.25) is 4.79 Å². The van der Waals surface area contributed by atoms with E-state index in [-0.39, 0.29) is 25.0 Å². The van der Waals surface area contributed by atoms with Crippen molar-refractivity contribution in [2.24, 2.45) is 5.92 Å². The van der Waals surface area contributed by atoms with Crippen molar-refractivity contribution >= 4 is 12.0 Å². The summed E-state index contributed by atoms with van der Waals surface area (Å²) in [5, 5.41) is 14.1. The van der Waals surface area contributed by atoms with Crippen LogP contribution >= 0.6 is 0 Å². The first-order valence-electron chi connectivity index (χ1n) is 6.19. The van der Waals surface area contributed by atoms with Gasteiger partial charge in [0.1, 0.15) is 0 Å². The van der Waals surface area contributed by atoms with Gasteiger partial charge in [0.05, 0.1) is 12.5 Å². The van der Waals surface area contributed by atoms with Crippen LogP contribution in [0.1, 0.15) is 33.6 Å². The zero-order chi connectivity index (χ0) is 14.1. The maximum absolute atomic E-state index is 11.6. The molecule has 0 saturated heterocycles. The lowest BCUT2D eigenvalue weighted by atomic mass is 10.0. The van der Waals surface area contributed by atoms with Crippen LogP contribution in [-0.2, 0) is 9.53 Å². The average Bonchev–Trinajstić information content (AvgIpc) is 2.30. The predicted molar refractivity (Wildman–Crippen MR) is 68.5 cm³/mol. The molecule has 0 saturated carbocycles. The number of hydrogen-bond donors (Lipinski definition) is 3. The summed E-state index contributed by atoms with van der Waals surface area (Å²) in [6, 6.07) is -0.173. The van der Waals surface area contributed by atoms with E-state index < -0.39 is 12.1 Å². The molecule has 106 valence electrons. The van der Waals surface area contributed by atoms with E-state index >= 15 is 0 Å². The van der Waals surface area contributed by atoms with Gasteiger partial charge in [0.2, 0.25) is 0 Å². The molecular weight excluding hydrogens is 236 g/mol. The molecule has 0 spiro atoms. The second-order valence-electron chi connectivity index (χ2n) is 4.57. The normalized spacial score (nSPS) is 14.1. The number of methoxy groups -OCH3 is 1. The molecule has 0 radical (unpaired) electrons. The third-order valence-electron chi connectivity index (χ3n) is 2.79. The van der Waals surface area contributed by atoms with Crippen molar-refractivity contribution in [1.29, 1.82) is 0 Å². The van der Waals surface area contributed by atoms with Crippen LogP contribution in [0.2, 0.25) is 0 Å². The average molecular weight is 260 g/mol. The smallest absolute Gasteiger partial charge is 0.315 e. The second kappa shape index (κ2) is 8.74. The van der Waals surface area contributed by atoms with Crippen molar-refractivity contribution in [1.82, 2.24) is 10.6 Å². The fraction of sp³-hybridized carbons (Fsp3) is 0.833. The van der Waals surface area contributed by atoms with Crippen molar-refractivity contribution in [2.45, 2.75) is 45.8 Å². The van der Waals surface area contributed by atoms with E-state index in [4.69, 9.17) is 9.84 Å². The van der Waals surface area contributed by atoms with Crippen LogP contribution in [0.25, 0.3) is 0 Å². The molecule has 6 heteroatoms. The van der Waals surface area contributed by atoms with Crippen molar-refractivity contribution in [3.63, 3.8) is 0 Å². The van der Waals surface area contributed by atoms with Gasteiger partial charge < -0.3 is 20.5 Å². The van der Waals surface area contributed by atoms with E-state index in [9.17, 15) is 9.59 Å². The third-order valence-corrected chi connectivity index (χ3v) is 2.79. The van der Waals surface area contributed by atoms with Crippen LogP contribution < -0.4 is 10.6 Å². The van der Waals surface area contributed by atoms with Gasteiger partial charge in [-0.05, 0) is 12.3 Å². The van der Waals surface area contributed by atoms with E-state index in [2.05, 4.69) is 10.6 Å². The Morgan fingerprint density at radius 1 is 1.33 bits per heavy atom. The number of nitrogens with one attached hydrogen (secondary N) is 2. The van der Waals surface area contributed by atoms with Gasteiger partial charge in [0.25, 0.3) is 0 Å². The fourth-order valence-corrected chi connectivity index (χ4v) is 1.60. The van der Waals surface area contributed by atoms with Crippen LogP contribution in [0.15, 0.2) is 0 Å². The Morgan fingerprint density at radius 3 is 2.33 bits per heavy atom. The van der Waals surface area contributed by atoms with Gasteiger partial charge in [-0.25, -0.2) is 4.79 Å². The fourth-order valence-electron chi connectivity index (χ4n) is 1.60. The van der Waals surface area contributed by atoms with Gasteiger partial charge in [-0.15, -0.1) is 0 Å². The number of rotatable bonds is 8. The molecule has 0 rings (SSSR count). The molecule has 18 heavy (non-hydrogen) atoms. The third kappa shape index (κ3) is 7.11. The maximum Gasteiger partial charge on any atom is 0.315 e. The number of urea groups is 1. The molecule has 0 aliphatic carbocycles. The zero-order valence-electron chi connectivity index (χ0n) is 11.5. The van der Waals surface area contributed by atoms with Crippen LogP contribution in [0.5, 0.6) is 0 Å². The predicted octanol–water partition coefficient (Wildman–Crippen LogP) is 1.21. The Bertz CT molecular complexity index is 269. The Balaban J connectivity index is 4.04. The maximum atomic E-state index is 11.6. The Morgan fingerprint density at radius 2 is 1.94 bits per heavy atom. The number of amides is 2. The Labute approximate surface area is 108 Å². The van der Waals surface area contributed by atoms with Gasteiger partial charge in [0.15, 0.2) is 0 Å². The van der Waals surface area contributed by atoms with E-state index in [0.717, 1.165) is 6.42 Å². The van der Waals surface area contributed by atoms with Gasteiger partial charge in [-0.1, -0.05) is 20.8 Å². The van der Waals surface area contributed by atoms with Gasteiger partial charge in [-0.2, -0.15) is 0 Å². The van der Waals surface area contributed by atoms with Crippen LogP contribution in [0.3, 0.4) is 0 Å². The minimum atomic E-state index is -0.947. The summed E-state index contributed by atoms with van der Waals surface area (Å²) >= 11 is 0. The first-order valence-corrected chi connectivity index (χ1v) is 6.19. The highest BCUT2D eigenvalue weighted by molar-refractivity contribution is 5.74. The molecule has 0 aliphatic heterocycles. The lowest BCUT2D eigenvalue weighted by molar-refractivity contribution is -0.139. The molecule has 0 heterocycles.